The Balaban J connectivity index is 2.85. The van der Waals surface area contributed by atoms with Crippen molar-refractivity contribution in [2.75, 3.05) is 26.0 Å². The van der Waals surface area contributed by atoms with Crippen molar-refractivity contribution in [1.82, 2.24) is 9.88 Å². The summed E-state index contributed by atoms with van der Waals surface area (Å²) >= 11 is 0. The van der Waals surface area contributed by atoms with E-state index in [1.807, 2.05) is 6.07 Å². The molecule has 0 aliphatic carbocycles. The van der Waals surface area contributed by atoms with Crippen LogP contribution in [0.1, 0.15) is 37.0 Å². The molecule has 5 heteroatoms. The Labute approximate surface area is 115 Å². The maximum absolute atomic E-state index is 11.8. The van der Waals surface area contributed by atoms with Gasteiger partial charge in [-0.2, -0.15) is 0 Å². The molecule has 0 fully saturated rings. The fraction of sp³-hybridized carbons (Fsp3) is 0.571. The molecule has 0 bridgehead atoms. The molecule has 0 aromatic carbocycles. The first-order chi connectivity index (χ1) is 8.98. The molecule has 1 aromatic heterocycles. The molecule has 0 saturated carbocycles. The normalized spacial score (nSPS) is 11.2. The lowest BCUT2D eigenvalue weighted by Crippen LogP contribution is -2.44. The molecule has 0 aliphatic heterocycles. The lowest BCUT2D eigenvalue weighted by atomic mass is 9.93. The van der Waals surface area contributed by atoms with Crippen molar-refractivity contribution in [3.63, 3.8) is 0 Å². The van der Waals surface area contributed by atoms with Gasteiger partial charge in [0.05, 0.1) is 11.1 Å². The number of aromatic nitrogens is 1. The van der Waals surface area contributed by atoms with Crippen molar-refractivity contribution in [3.05, 3.63) is 23.9 Å². The summed E-state index contributed by atoms with van der Waals surface area (Å²) in [6.07, 6.45) is 3.46. The van der Waals surface area contributed by atoms with Gasteiger partial charge in [0.15, 0.2) is 0 Å². The molecular weight excluding hydrogens is 240 g/mol. The molecule has 0 spiro atoms. The first kappa shape index (κ1) is 15.4. The average molecular weight is 264 g/mol. The molecule has 0 unspecified atom stereocenters. The van der Waals surface area contributed by atoms with Crippen LogP contribution in [0.4, 0.5) is 5.82 Å². The molecule has 0 radical (unpaired) electrons. The van der Waals surface area contributed by atoms with Gasteiger partial charge in [0.1, 0.15) is 5.82 Å². The summed E-state index contributed by atoms with van der Waals surface area (Å²) in [5.41, 5.74) is 6.30. The minimum absolute atomic E-state index is 0.0462. The van der Waals surface area contributed by atoms with E-state index in [1.54, 1.807) is 26.4 Å². The Morgan fingerprint density at radius 1 is 1.37 bits per heavy atom. The maximum Gasteiger partial charge on any atom is 0.254 e. The van der Waals surface area contributed by atoms with Crippen molar-refractivity contribution < 1.29 is 4.79 Å². The van der Waals surface area contributed by atoms with Gasteiger partial charge in [-0.3, -0.25) is 4.79 Å². The van der Waals surface area contributed by atoms with Crippen molar-refractivity contribution >= 4 is 11.7 Å². The number of carbonyl (C=O) groups excluding carboxylic acids is 1. The zero-order chi connectivity index (χ0) is 14.5. The molecule has 1 amide bonds. The van der Waals surface area contributed by atoms with E-state index in [9.17, 15) is 4.79 Å². The van der Waals surface area contributed by atoms with Gasteiger partial charge >= 0.3 is 0 Å². The van der Waals surface area contributed by atoms with E-state index in [0.717, 1.165) is 18.7 Å². The Morgan fingerprint density at radius 2 is 2.00 bits per heavy atom. The largest absolute Gasteiger partial charge is 0.363 e. The number of carbonyl (C=O) groups is 1. The molecule has 0 saturated heterocycles. The van der Waals surface area contributed by atoms with Crippen LogP contribution in [-0.4, -0.2) is 42.0 Å². The average Bonchev–Trinajstić information content (AvgIpc) is 2.45. The number of nitrogens with two attached hydrogens (primary N) is 1. The highest BCUT2D eigenvalue weighted by atomic mass is 16.2. The quantitative estimate of drug-likeness (QED) is 0.820. The summed E-state index contributed by atoms with van der Waals surface area (Å²) in [4.78, 5) is 17.6. The van der Waals surface area contributed by atoms with Gasteiger partial charge in [0.25, 0.3) is 5.91 Å². The highest BCUT2D eigenvalue weighted by molar-refractivity contribution is 5.93. The maximum atomic E-state index is 11.8. The molecule has 19 heavy (non-hydrogen) atoms. The fourth-order valence-corrected chi connectivity index (χ4v) is 1.89. The molecular formula is C14H24N4O. The minimum atomic E-state index is -0.125. The van der Waals surface area contributed by atoms with Gasteiger partial charge in [-0.1, -0.05) is 13.8 Å². The zero-order valence-electron chi connectivity index (χ0n) is 12.2. The zero-order valence-corrected chi connectivity index (χ0v) is 12.2. The van der Waals surface area contributed by atoms with Crippen LogP contribution in [0, 0.1) is 0 Å². The highest BCUT2D eigenvalue weighted by Crippen LogP contribution is 2.20. The number of rotatable bonds is 6. The Kier molecular flexibility index (Phi) is 5.30. The van der Waals surface area contributed by atoms with E-state index in [1.165, 1.54) is 4.90 Å². The second-order valence-electron chi connectivity index (χ2n) is 4.95. The van der Waals surface area contributed by atoms with Gasteiger partial charge in [-0.15, -0.1) is 0 Å². The van der Waals surface area contributed by atoms with E-state index in [-0.39, 0.29) is 11.4 Å². The first-order valence-corrected chi connectivity index (χ1v) is 6.64. The Morgan fingerprint density at radius 3 is 2.37 bits per heavy atom. The summed E-state index contributed by atoms with van der Waals surface area (Å²) in [5.74, 6) is 0.708. The van der Waals surface area contributed by atoms with Crippen molar-refractivity contribution in [2.24, 2.45) is 5.73 Å². The van der Waals surface area contributed by atoms with Crippen LogP contribution in [0.2, 0.25) is 0 Å². The van der Waals surface area contributed by atoms with Gasteiger partial charge in [-0.25, -0.2) is 4.98 Å². The van der Waals surface area contributed by atoms with Crippen molar-refractivity contribution in [1.29, 1.82) is 0 Å². The van der Waals surface area contributed by atoms with Crippen LogP contribution in [0.25, 0.3) is 0 Å². The van der Waals surface area contributed by atoms with Crippen LogP contribution in [0.15, 0.2) is 18.3 Å². The van der Waals surface area contributed by atoms with Crippen molar-refractivity contribution in [3.8, 4) is 0 Å². The number of hydrogen-bond donors (Lipinski definition) is 2. The van der Waals surface area contributed by atoms with Crippen LogP contribution < -0.4 is 11.1 Å². The second-order valence-corrected chi connectivity index (χ2v) is 4.95. The minimum Gasteiger partial charge on any atom is -0.363 e. The lowest BCUT2D eigenvalue weighted by molar-refractivity contribution is 0.0827. The summed E-state index contributed by atoms with van der Waals surface area (Å²) in [6.45, 7) is 4.76. The number of nitrogens with zero attached hydrogens (tertiary/aromatic N) is 2. The number of anilines is 1. The van der Waals surface area contributed by atoms with Gasteiger partial charge in [0, 0.05) is 26.8 Å². The molecule has 1 rings (SSSR count). The third-order valence-electron chi connectivity index (χ3n) is 3.55. The third-order valence-corrected chi connectivity index (χ3v) is 3.55. The van der Waals surface area contributed by atoms with Gasteiger partial charge in [0.2, 0.25) is 0 Å². The highest BCUT2D eigenvalue weighted by Gasteiger charge is 2.24. The van der Waals surface area contributed by atoms with Crippen LogP contribution >= 0.6 is 0 Å². The Bertz CT molecular complexity index is 402. The van der Waals surface area contributed by atoms with Crippen LogP contribution in [0.5, 0.6) is 0 Å². The molecule has 0 atom stereocenters. The first-order valence-electron chi connectivity index (χ1n) is 6.64. The summed E-state index contributed by atoms with van der Waals surface area (Å²) in [6, 6.07) is 3.61. The topological polar surface area (TPSA) is 71.2 Å². The predicted octanol–water partition coefficient (Wildman–Crippen LogP) is 1.71. The SMILES string of the molecule is CCC(CC)(CN)Nc1ccc(C(=O)N(C)C)cn1. The third kappa shape index (κ3) is 3.67. The summed E-state index contributed by atoms with van der Waals surface area (Å²) in [7, 11) is 3.45. The molecule has 3 N–H and O–H groups in total. The second kappa shape index (κ2) is 6.52. The van der Waals surface area contributed by atoms with E-state index in [0.29, 0.717) is 12.1 Å². The van der Waals surface area contributed by atoms with Crippen LogP contribution in [-0.2, 0) is 0 Å². The molecule has 106 valence electrons. The smallest absolute Gasteiger partial charge is 0.254 e. The lowest BCUT2D eigenvalue weighted by Gasteiger charge is -2.32. The molecule has 1 heterocycles. The van der Waals surface area contributed by atoms with E-state index < -0.39 is 0 Å². The number of nitrogens with one attached hydrogen (secondary N) is 1. The number of pyridine rings is 1. The van der Waals surface area contributed by atoms with Crippen LogP contribution in [0.3, 0.4) is 0 Å². The van der Waals surface area contributed by atoms with E-state index in [2.05, 4.69) is 24.1 Å². The number of amides is 1. The predicted molar refractivity (Wildman–Crippen MR) is 78.2 cm³/mol. The number of hydrogen-bond acceptors (Lipinski definition) is 4. The molecule has 0 aliphatic rings. The van der Waals surface area contributed by atoms with Crippen molar-refractivity contribution in [2.45, 2.75) is 32.2 Å². The summed E-state index contributed by atoms with van der Waals surface area (Å²) < 4.78 is 0. The fourth-order valence-electron chi connectivity index (χ4n) is 1.89. The van der Waals surface area contributed by atoms with Gasteiger partial charge in [-0.05, 0) is 25.0 Å². The molecule has 1 aromatic rings. The van der Waals surface area contributed by atoms with E-state index in [4.69, 9.17) is 5.73 Å². The summed E-state index contributed by atoms with van der Waals surface area (Å²) in [5, 5.41) is 3.38. The standard InChI is InChI=1S/C14H24N4O/c1-5-14(6-2,10-15)17-12-8-7-11(9-16-12)13(19)18(3)4/h7-9H,5-6,10,15H2,1-4H3,(H,16,17). The molecule has 5 nitrogen and oxygen atoms in total. The Hall–Kier alpha value is -1.62. The monoisotopic (exact) mass is 264 g/mol. The van der Waals surface area contributed by atoms with Gasteiger partial charge < -0.3 is 16.0 Å². The van der Waals surface area contributed by atoms with E-state index >= 15 is 0 Å².